The number of benzene rings is 2. The molecule has 32 heavy (non-hydrogen) atoms. The van der Waals surface area contributed by atoms with Gasteiger partial charge in [-0.25, -0.2) is 8.42 Å². The first-order valence-electron chi connectivity index (χ1n) is 10.8. The summed E-state index contributed by atoms with van der Waals surface area (Å²) in [6.45, 7) is 3.99. The number of hydrogen-bond acceptors (Lipinski definition) is 5. The summed E-state index contributed by atoms with van der Waals surface area (Å²) >= 11 is 0. The molecule has 2 amide bonds. The number of aryl methyl sites for hydroxylation is 1. The van der Waals surface area contributed by atoms with Crippen LogP contribution in [0.2, 0.25) is 0 Å². The number of rotatable bonds is 5. The first-order chi connectivity index (χ1) is 15.3. The molecular formula is C23H27N3O5S. The summed E-state index contributed by atoms with van der Waals surface area (Å²) in [5.74, 6) is -0.513. The van der Waals surface area contributed by atoms with Gasteiger partial charge in [0.25, 0.3) is 5.91 Å². The van der Waals surface area contributed by atoms with Gasteiger partial charge in [-0.15, -0.1) is 0 Å². The van der Waals surface area contributed by atoms with E-state index in [2.05, 4.69) is 10.6 Å². The predicted octanol–water partition coefficient (Wildman–Crippen LogP) is 3.14. The van der Waals surface area contributed by atoms with Crippen molar-refractivity contribution in [3.05, 3.63) is 48.0 Å². The Kier molecular flexibility index (Phi) is 6.21. The SMILES string of the molecule is CC[C@@H]1Oc2cc(S(=O)(=O)N3CCC[C@@H](C(=O)Nc4ccccc4)C3)c(C)cc2NC1=O. The molecule has 1 saturated heterocycles. The summed E-state index contributed by atoms with van der Waals surface area (Å²) in [5, 5.41) is 5.65. The van der Waals surface area contributed by atoms with Crippen LogP contribution in [0.3, 0.4) is 0 Å². The van der Waals surface area contributed by atoms with Gasteiger partial charge in [-0.2, -0.15) is 4.31 Å². The lowest BCUT2D eigenvalue weighted by molar-refractivity contribution is -0.123. The number of amides is 2. The van der Waals surface area contributed by atoms with E-state index < -0.39 is 22.0 Å². The largest absolute Gasteiger partial charge is 0.478 e. The molecule has 8 nitrogen and oxygen atoms in total. The molecule has 2 aliphatic heterocycles. The summed E-state index contributed by atoms with van der Waals surface area (Å²) in [5.41, 5.74) is 1.67. The van der Waals surface area contributed by atoms with Crippen LogP contribution < -0.4 is 15.4 Å². The first kappa shape index (κ1) is 22.3. The molecule has 2 heterocycles. The van der Waals surface area contributed by atoms with E-state index in [-0.39, 0.29) is 23.3 Å². The highest BCUT2D eigenvalue weighted by molar-refractivity contribution is 7.89. The zero-order valence-corrected chi connectivity index (χ0v) is 18.9. The van der Waals surface area contributed by atoms with Crippen molar-refractivity contribution in [2.75, 3.05) is 23.7 Å². The minimum atomic E-state index is -3.84. The van der Waals surface area contributed by atoms with Gasteiger partial charge in [0.1, 0.15) is 5.75 Å². The maximum Gasteiger partial charge on any atom is 0.265 e. The van der Waals surface area contributed by atoms with Gasteiger partial charge in [0.15, 0.2) is 6.10 Å². The first-order valence-corrected chi connectivity index (χ1v) is 12.2. The molecule has 0 aromatic heterocycles. The van der Waals surface area contributed by atoms with Crippen LogP contribution in [0.15, 0.2) is 47.4 Å². The van der Waals surface area contributed by atoms with E-state index in [9.17, 15) is 18.0 Å². The van der Waals surface area contributed by atoms with Gasteiger partial charge >= 0.3 is 0 Å². The molecule has 0 aliphatic carbocycles. The molecular weight excluding hydrogens is 430 g/mol. The number of piperidine rings is 1. The van der Waals surface area contributed by atoms with E-state index in [1.165, 1.54) is 10.4 Å². The topological polar surface area (TPSA) is 105 Å². The standard InChI is InChI=1S/C23H27N3O5S/c1-3-19-23(28)25-18-12-15(2)21(13-20(18)31-19)32(29,30)26-11-7-8-16(14-26)22(27)24-17-9-5-4-6-10-17/h4-6,9-10,12-13,16,19H,3,7-8,11,14H2,1-2H3,(H,24,27)(H,25,28)/t16-,19+/m1/s1. The average molecular weight is 458 g/mol. The Hall–Kier alpha value is -2.91. The fraction of sp³-hybridized carbons (Fsp3) is 0.391. The highest BCUT2D eigenvalue weighted by Gasteiger charge is 2.36. The van der Waals surface area contributed by atoms with Gasteiger partial charge in [0.05, 0.1) is 16.5 Å². The van der Waals surface area contributed by atoms with Crippen molar-refractivity contribution >= 4 is 33.2 Å². The van der Waals surface area contributed by atoms with Gasteiger partial charge in [-0.1, -0.05) is 25.1 Å². The Bertz CT molecular complexity index is 1130. The van der Waals surface area contributed by atoms with Crippen LogP contribution in [0, 0.1) is 12.8 Å². The van der Waals surface area contributed by atoms with Gasteiger partial charge in [0, 0.05) is 24.8 Å². The molecule has 0 radical (unpaired) electrons. The highest BCUT2D eigenvalue weighted by Crippen LogP contribution is 2.36. The second-order valence-electron chi connectivity index (χ2n) is 8.18. The fourth-order valence-corrected chi connectivity index (χ4v) is 5.86. The molecule has 4 rings (SSSR count). The average Bonchev–Trinajstić information content (AvgIpc) is 2.79. The zero-order valence-electron chi connectivity index (χ0n) is 18.1. The number of carbonyl (C=O) groups excluding carboxylic acids is 2. The molecule has 0 bridgehead atoms. The minimum Gasteiger partial charge on any atom is -0.478 e. The molecule has 2 aromatic rings. The number of anilines is 2. The molecule has 2 N–H and O–H groups in total. The molecule has 2 aromatic carbocycles. The Morgan fingerprint density at radius 3 is 2.72 bits per heavy atom. The van der Waals surface area contributed by atoms with Crippen molar-refractivity contribution in [1.29, 1.82) is 0 Å². The van der Waals surface area contributed by atoms with Gasteiger partial charge < -0.3 is 15.4 Å². The summed E-state index contributed by atoms with van der Waals surface area (Å²) in [6, 6.07) is 12.2. The normalized spacial score (nSPS) is 21.2. The van der Waals surface area contributed by atoms with Crippen molar-refractivity contribution in [3.63, 3.8) is 0 Å². The number of fused-ring (bicyclic) bond motifs is 1. The third-order valence-electron chi connectivity index (χ3n) is 5.88. The van der Waals surface area contributed by atoms with Crippen molar-refractivity contribution in [2.45, 2.75) is 44.1 Å². The minimum absolute atomic E-state index is 0.118. The maximum atomic E-state index is 13.5. The smallest absolute Gasteiger partial charge is 0.265 e. The van der Waals surface area contributed by atoms with Crippen LogP contribution in [0.4, 0.5) is 11.4 Å². The summed E-state index contributed by atoms with van der Waals surface area (Å²) in [7, 11) is -3.84. The van der Waals surface area contributed by atoms with Crippen LogP contribution in [-0.2, 0) is 19.6 Å². The zero-order chi connectivity index (χ0) is 22.9. The number of ether oxygens (including phenoxy) is 1. The van der Waals surface area contributed by atoms with E-state index in [0.717, 1.165) is 0 Å². The van der Waals surface area contributed by atoms with Crippen molar-refractivity contribution in [1.82, 2.24) is 4.31 Å². The predicted molar refractivity (Wildman–Crippen MR) is 121 cm³/mol. The van der Waals surface area contributed by atoms with Crippen molar-refractivity contribution in [3.8, 4) is 5.75 Å². The lowest BCUT2D eigenvalue weighted by Gasteiger charge is -2.32. The lowest BCUT2D eigenvalue weighted by atomic mass is 9.99. The van der Waals surface area contributed by atoms with Crippen LogP contribution in [0.1, 0.15) is 31.7 Å². The van der Waals surface area contributed by atoms with Crippen molar-refractivity contribution in [2.24, 2.45) is 5.92 Å². The van der Waals surface area contributed by atoms with Gasteiger partial charge in [0.2, 0.25) is 15.9 Å². The quantitative estimate of drug-likeness (QED) is 0.718. The molecule has 0 unspecified atom stereocenters. The second-order valence-corrected chi connectivity index (χ2v) is 10.1. The second kappa shape index (κ2) is 8.91. The molecule has 170 valence electrons. The molecule has 9 heteroatoms. The third-order valence-corrected chi connectivity index (χ3v) is 7.89. The van der Waals surface area contributed by atoms with Gasteiger partial charge in [-0.3, -0.25) is 9.59 Å². The summed E-state index contributed by atoms with van der Waals surface area (Å²) < 4.78 is 34.1. The van der Waals surface area contributed by atoms with E-state index in [4.69, 9.17) is 4.74 Å². The Morgan fingerprint density at radius 2 is 2.00 bits per heavy atom. The van der Waals surface area contributed by atoms with Crippen molar-refractivity contribution < 1.29 is 22.7 Å². The Labute approximate surface area is 188 Å². The van der Waals surface area contributed by atoms with Crippen LogP contribution >= 0.6 is 0 Å². The number of para-hydroxylation sites is 1. The number of carbonyl (C=O) groups is 2. The summed E-state index contributed by atoms with van der Waals surface area (Å²) in [4.78, 5) is 24.9. The van der Waals surface area contributed by atoms with E-state index in [1.807, 2.05) is 25.1 Å². The highest BCUT2D eigenvalue weighted by atomic mass is 32.2. The van der Waals surface area contributed by atoms with E-state index in [0.29, 0.717) is 48.5 Å². The number of sulfonamides is 1. The monoisotopic (exact) mass is 457 g/mol. The Morgan fingerprint density at radius 1 is 1.25 bits per heavy atom. The molecule has 0 saturated carbocycles. The number of nitrogens with one attached hydrogen (secondary N) is 2. The third kappa shape index (κ3) is 4.35. The summed E-state index contributed by atoms with van der Waals surface area (Å²) in [6.07, 6.45) is 1.05. The lowest BCUT2D eigenvalue weighted by Crippen LogP contribution is -2.44. The molecule has 0 spiro atoms. The Balaban J connectivity index is 1.55. The number of hydrogen-bond donors (Lipinski definition) is 2. The molecule has 1 fully saturated rings. The molecule has 2 atom stereocenters. The number of nitrogens with zero attached hydrogens (tertiary/aromatic N) is 1. The molecule has 2 aliphatic rings. The van der Waals surface area contributed by atoms with Crippen LogP contribution in [0.5, 0.6) is 5.75 Å². The van der Waals surface area contributed by atoms with Crippen LogP contribution in [-0.4, -0.2) is 43.7 Å². The van der Waals surface area contributed by atoms with E-state index >= 15 is 0 Å². The van der Waals surface area contributed by atoms with Crippen LogP contribution in [0.25, 0.3) is 0 Å². The fourth-order valence-electron chi connectivity index (χ4n) is 4.11. The van der Waals surface area contributed by atoms with E-state index in [1.54, 1.807) is 25.1 Å². The van der Waals surface area contributed by atoms with Gasteiger partial charge in [-0.05, 0) is 49.9 Å². The maximum absolute atomic E-state index is 13.5.